The Labute approximate surface area is 164 Å². The number of hydrogen-bond donors (Lipinski definition) is 0. The van der Waals surface area contributed by atoms with E-state index in [4.69, 9.17) is 9.26 Å². The molecule has 0 saturated carbocycles. The molecule has 0 spiro atoms. The lowest BCUT2D eigenvalue weighted by Gasteiger charge is -2.16. The lowest BCUT2D eigenvalue weighted by molar-refractivity contribution is 0.0772. The topological polar surface area (TPSA) is 73.4 Å². The van der Waals surface area contributed by atoms with Crippen LogP contribution in [0.3, 0.4) is 0 Å². The van der Waals surface area contributed by atoms with Crippen LogP contribution in [0.5, 0.6) is 5.75 Å². The van der Waals surface area contributed by atoms with Crippen molar-refractivity contribution >= 4 is 5.91 Å². The molecule has 0 unspecified atom stereocenters. The zero-order valence-electron chi connectivity index (χ0n) is 17.2. The third-order valence-electron chi connectivity index (χ3n) is 4.92. The summed E-state index contributed by atoms with van der Waals surface area (Å²) in [6.07, 6.45) is 1.91. The Bertz CT molecular complexity index is 1000. The van der Waals surface area contributed by atoms with Crippen LogP contribution in [0.2, 0.25) is 0 Å². The summed E-state index contributed by atoms with van der Waals surface area (Å²) in [6, 6.07) is 5.92. The van der Waals surface area contributed by atoms with Crippen LogP contribution in [0.25, 0.3) is 0 Å². The van der Waals surface area contributed by atoms with Crippen LogP contribution >= 0.6 is 0 Å². The lowest BCUT2D eigenvalue weighted by atomic mass is 10.1. The first kappa shape index (κ1) is 19.7. The van der Waals surface area contributed by atoms with Gasteiger partial charge in [-0.15, -0.1) is 0 Å². The van der Waals surface area contributed by atoms with Gasteiger partial charge in [0.15, 0.2) is 5.69 Å². The minimum absolute atomic E-state index is 0.209. The maximum absolute atomic E-state index is 12.9. The molecule has 0 aliphatic rings. The minimum Gasteiger partial charge on any atom is -0.489 e. The van der Waals surface area contributed by atoms with Gasteiger partial charge in [0, 0.05) is 32.4 Å². The average Bonchev–Trinajstić information content (AvgIpc) is 3.16. The van der Waals surface area contributed by atoms with Crippen molar-refractivity contribution in [3.63, 3.8) is 0 Å². The van der Waals surface area contributed by atoms with Crippen molar-refractivity contribution in [3.05, 3.63) is 63.8 Å². The number of rotatable bonds is 6. The molecule has 3 aromatic rings. The third-order valence-corrected chi connectivity index (χ3v) is 4.92. The second kappa shape index (κ2) is 7.88. The number of benzene rings is 1. The van der Waals surface area contributed by atoms with Crippen molar-refractivity contribution in [1.29, 1.82) is 0 Å². The van der Waals surface area contributed by atoms with E-state index in [0.717, 1.165) is 22.6 Å². The lowest BCUT2D eigenvalue weighted by Crippen LogP contribution is -2.27. The van der Waals surface area contributed by atoms with Gasteiger partial charge >= 0.3 is 0 Å². The molecule has 1 aromatic carbocycles. The first-order chi connectivity index (χ1) is 13.3. The van der Waals surface area contributed by atoms with Crippen molar-refractivity contribution in [2.24, 2.45) is 7.05 Å². The molecule has 0 aliphatic carbocycles. The molecule has 2 heterocycles. The summed E-state index contributed by atoms with van der Waals surface area (Å²) < 4.78 is 12.9. The summed E-state index contributed by atoms with van der Waals surface area (Å²) in [7, 11) is 3.61. The summed E-state index contributed by atoms with van der Waals surface area (Å²) in [5, 5.41) is 8.30. The van der Waals surface area contributed by atoms with E-state index in [9.17, 15) is 4.79 Å². The molecule has 0 atom stereocenters. The van der Waals surface area contributed by atoms with E-state index in [1.165, 1.54) is 5.56 Å². The molecule has 28 heavy (non-hydrogen) atoms. The van der Waals surface area contributed by atoms with Crippen molar-refractivity contribution in [3.8, 4) is 5.75 Å². The van der Waals surface area contributed by atoms with Crippen LogP contribution in [0, 0.1) is 27.7 Å². The summed E-state index contributed by atoms with van der Waals surface area (Å²) >= 11 is 0. The van der Waals surface area contributed by atoms with Gasteiger partial charge in [0.1, 0.15) is 18.1 Å². The molecule has 7 nitrogen and oxygen atoms in total. The van der Waals surface area contributed by atoms with Gasteiger partial charge in [-0.25, -0.2) is 0 Å². The van der Waals surface area contributed by atoms with E-state index in [2.05, 4.69) is 17.2 Å². The number of nitrogens with zero attached hydrogens (tertiary/aromatic N) is 4. The zero-order valence-corrected chi connectivity index (χ0v) is 17.2. The number of hydrogen-bond acceptors (Lipinski definition) is 5. The highest BCUT2D eigenvalue weighted by atomic mass is 16.5. The minimum atomic E-state index is -0.209. The van der Waals surface area contributed by atoms with Crippen molar-refractivity contribution in [2.45, 2.75) is 40.8 Å². The van der Waals surface area contributed by atoms with Gasteiger partial charge in [0.2, 0.25) is 0 Å². The van der Waals surface area contributed by atoms with Crippen LogP contribution in [0.4, 0.5) is 0 Å². The number of aromatic nitrogens is 3. The summed E-state index contributed by atoms with van der Waals surface area (Å²) in [5.74, 6) is 1.12. The van der Waals surface area contributed by atoms with Crippen LogP contribution < -0.4 is 4.74 Å². The fourth-order valence-electron chi connectivity index (χ4n) is 3.00. The highest BCUT2D eigenvalue weighted by Gasteiger charge is 2.24. The summed E-state index contributed by atoms with van der Waals surface area (Å²) in [5.41, 5.74) is 5.20. The SMILES string of the molecule is Cc1ccc(OCc2c(C(=O)N(C)Cc3cn(C)nc3C)noc2C)cc1C. The van der Waals surface area contributed by atoms with E-state index >= 15 is 0 Å². The van der Waals surface area contributed by atoms with E-state index in [1.807, 2.05) is 45.3 Å². The van der Waals surface area contributed by atoms with Crippen LogP contribution in [-0.2, 0) is 20.2 Å². The fourth-order valence-corrected chi connectivity index (χ4v) is 3.00. The first-order valence-corrected chi connectivity index (χ1v) is 9.16. The van der Waals surface area contributed by atoms with Crippen LogP contribution in [0.15, 0.2) is 28.9 Å². The quantitative estimate of drug-likeness (QED) is 0.652. The Kier molecular flexibility index (Phi) is 5.53. The average molecular weight is 382 g/mol. The molecule has 148 valence electrons. The smallest absolute Gasteiger partial charge is 0.276 e. The van der Waals surface area contributed by atoms with E-state index in [1.54, 1.807) is 23.6 Å². The van der Waals surface area contributed by atoms with E-state index in [0.29, 0.717) is 17.9 Å². The number of ether oxygens (including phenoxy) is 1. The Morgan fingerprint density at radius 2 is 1.96 bits per heavy atom. The molecule has 2 aromatic heterocycles. The highest BCUT2D eigenvalue weighted by Crippen LogP contribution is 2.21. The van der Waals surface area contributed by atoms with Gasteiger partial charge in [0.05, 0.1) is 11.3 Å². The van der Waals surface area contributed by atoms with Gasteiger partial charge in [0.25, 0.3) is 5.91 Å². The normalized spacial score (nSPS) is 10.9. The number of aryl methyl sites for hydroxylation is 5. The van der Waals surface area contributed by atoms with Crippen molar-refractivity contribution in [2.75, 3.05) is 7.05 Å². The second-order valence-electron chi connectivity index (χ2n) is 7.18. The second-order valence-corrected chi connectivity index (χ2v) is 7.18. The zero-order chi connectivity index (χ0) is 20.4. The predicted octanol–water partition coefficient (Wildman–Crippen LogP) is 3.49. The molecule has 0 aliphatic heterocycles. The first-order valence-electron chi connectivity index (χ1n) is 9.16. The summed E-state index contributed by atoms with van der Waals surface area (Å²) in [6.45, 7) is 8.47. The molecule has 0 radical (unpaired) electrons. The number of amides is 1. The van der Waals surface area contributed by atoms with Crippen molar-refractivity contribution in [1.82, 2.24) is 19.8 Å². The standard InChI is InChI=1S/C21H26N4O3/c1-13-7-8-18(9-14(13)2)27-12-19-16(4)28-23-20(19)21(26)24(5)10-17-11-25(6)22-15(17)3/h7-9,11H,10,12H2,1-6H3. The molecule has 0 fully saturated rings. The Balaban J connectivity index is 1.74. The molecular formula is C21H26N4O3. The maximum atomic E-state index is 12.9. The van der Waals surface area contributed by atoms with Gasteiger partial charge in [-0.2, -0.15) is 5.10 Å². The van der Waals surface area contributed by atoms with Crippen LogP contribution in [-0.4, -0.2) is 32.8 Å². The van der Waals surface area contributed by atoms with Gasteiger partial charge in [-0.1, -0.05) is 11.2 Å². The number of carbonyl (C=O) groups excluding carboxylic acids is 1. The van der Waals surface area contributed by atoms with Crippen LogP contribution in [0.1, 0.15) is 44.2 Å². The van der Waals surface area contributed by atoms with E-state index in [-0.39, 0.29) is 18.2 Å². The third kappa shape index (κ3) is 4.08. The Hall–Kier alpha value is -3.09. The highest BCUT2D eigenvalue weighted by molar-refractivity contribution is 5.93. The van der Waals surface area contributed by atoms with Gasteiger partial charge < -0.3 is 14.2 Å². The monoisotopic (exact) mass is 382 g/mol. The summed E-state index contributed by atoms with van der Waals surface area (Å²) in [4.78, 5) is 14.5. The predicted molar refractivity (Wildman–Crippen MR) is 105 cm³/mol. The number of carbonyl (C=O) groups is 1. The Morgan fingerprint density at radius 3 is 2.61 bits per heavy atom. The molecule has 0 N–H and O–H groups in total. The maximum Gasteiger partial charge on any atom is 0.276 e. The molecule has 3 rings (SSSR count). The van der Waals surface area contributed by atoms with Gasteiger partial charge in [-0.05, 0) is 51.0 Å². The van der Waals surface area contributed by atoms with E-state index < -0.39 is 0 Å². The van der Waals surface area contributed by atoms with Crippen molar-refractivity contribution < 1.29 is 14.1 Å². The molecule has 0 bridgehead atoms. The molecular weight excluding hydrogens is 356 g/mol. The molecule has 1 amide bonds. The molecule has 7 heteroatoms. The molecule has 0 saturated heterocycles. The van der Waals surface area contributed by atoms with Gasteiger partial charge in [-0.3, -0.25) is 9.48 Å². The fraction of sp³-hybridized carbons (Fsp3) is 0.381. The Morgan fingerprint density at radius 1 is 1.21 bits per heavy atom. The largest absolute Gasteiger partial charge is 0.489 e.